The van der Waals surface area contributed by atoms with Crippen LogP contribution in [0.4, 0.5) is 0 Å². The molecule has 0 saturated carbocycles. The minimum Gasteiger partial charge on any atom is -0.507 e. The molecule has 0 unspecified atom stereocenters. The zero-order chi connectivity index (χ0) is 9.42. The van der Waals surface area contributed by atoms with Crippen molar-refractivity contribution in [1.29, 1.82) is 0 Å². The highest BCUT2D eigenvalue weighted by atomic mass is 35.5. The van der Waals surface area contributed by atoms with Crippen molar-refractivity contribution in [2.24, 2.45) is 0 Å². The first kappa shape index (κ1) is 8.32. The number of pyridine rings is 1. The molecule has 2 nitrogen and oxygen atoms in total. The third-order valence-corrected chi connectivity index (χ3v) is 2.35. The molecule has 0 radical (unpaired) electrons. The van der Waals surface area contributed by atoms with Gasteiger partial charge >= 0.3 is 0 Å². The fourth-order valence-electron chi connectivity index (χ4n) is 1.26. The van der Waals surface area contributed by atoms with Crippen LogP contribution in [0.2, 0.25) is 5.15 Å². The lowest BCUT2D eigenvalue weighted by Crippen LogP contribution is -1.84. The number of fused-ring (bicyclic) bond motifs is 1. The van der Waals surface area contributed by atoms with Crippen LogP contribution in [-0.4, -0.2) is 10.1 Å². The predicted octanol–water partition coefficient (Wildman–Crippen LogP) is 2.90. The molecule has 0 aliphatic rings. The Hall–Kier alpha value is -1.28. The lowest BCUT2D eigenvalue weighted by atomic mass is 10.1. The number of phenolic OH excluding ortho intramolecular Hbond substituents is 1. The van der Waals surface area contributed by atoms with Crippen LogP contribution in [0.5, 0.6) is 5.75 Å². The molecule has 2 rings (SSSR count). The Bertz CT molecular complexity index is 468. The Kier molecular flexibility index (Phi) is 1.85. The van der Waals surface area contributed by atoms with Gasteiger partial charge in [0.15, 0.2) is 0 Å². The SMILES string of the molecule is Cc1cc2c(O)cccc2nc1Cl. The van der Waals surface area contributed by atoms with Gasteiger partial charge in [-0.3, -0.25) is 0 Å². The summed E-state index contributed by atoms with van der Waals surface area (Å²) in [5.74, 6) is 0.241. The van der Waals surface area contributed by atoms with Gasteiger partial charge in [-0.15, -0.1) is 0 Å². The Labute approximate surface area is 80.8 Å². The van der Waals surface area contributed by atoms with Crippen molar-refractivity contribution in [3.05, 3.63) is 35.0 Å². The van der Waals surface area contributed by atoms with E-state index in [1.165, 1.54) is 0 Å². The van der Waals surface area contributed by atoms with Crippen LogP contribution in [-0.2, 0) is 0 Å². The van der Waals surface area contributed by atoms with Crippen molar-refractivity contribution in [3.63, 3.8) is 0 Å². The highest BCUT2D eigenvalue weighted by molar-refractivity contribution is 6.30. The van der Waals surface area contributed by atoms with E-state index in [9.17, 15) is 5.11 Å². The number of rotatable bonds is 0. The molecule has 1 aromatic carbocycles. The summed E-state index contributed by atoms with van der Waals surface area (Å²) in [6.45, 7) is 1.86. The van der Waals surface area contributed by atoms with Gasteiger partial charge in [0.05, 0.1) is 5.52 Å². The highest BCUT2D eigenvalue weighted by Gasteiger charge is 2.03. The van der Waals surface area contributed by atoms with E-state index in [0.29, 0.717) is 5.15 Å². The van der Waals surface area contributed by atoms with Gasteiger partial charge in [-0.2, -0.15) is 0 Å². The van der Waals surface area contributed by atoms with Gasteiger partial charge in [0.25, 0.3) is 0 Å². The molecule has 0 bridgehead atoms. The first-order valence-electron chi connectivity index (χ1n) is 3.93. The molecule has 0 spiro atoms. The number of halogens is 1. The molecule has 0 saturated heterocycles. The van der Waals surface area contributed by atoms with Crippen molar-refractivity contribution in [1.82, 2.24) is 4.98 Å². The normalized spacial score (nSPS) is 10.6. The van der Waals surface area contributed by atoms with Gasteiger partial charge in [0.2, 0.25) is 0 Å². The maximum absolute atomic E-state index is 9.50. The summed E-state index contributed by atoms with van der Waals surface area (Å²) in [5, 5.41) is 10.7. The zero-order valence-corrected chi connectivity index (χ0v) is 7.84. The number of aryl methyl sites for hydroxylation is 1. The molecule has 66 valence electrons. The maximum atomic E-state index is 9.50. The van der Waals surface area contributed by atoms with Crippen molar-refractivity contribution in [2.45, 2.75) is 6.92 Å². The van der Waals surface area contributed by atoms with Crippen molar-refractivity contribution in [2.75, 3.05) is 0 Å². The second kappa shape index (κ2) is 2.89. The largest absolute Gasteiger partial charge is 0.507 e. The lowest BCUT2D eigenvalue weighted by Gasteiger charge is -2.02. The summed E-state index contributed by atoms with van der Waals surface area (Å²) in [4.78, 5) is 4.14. The number of hydrogen-bond acceptors (Lipinski definition) is 2. The van der Waals surface area contributed by atoms with Gasteiger partial charge < -0.3 is 5.11 Å². The Morgan fingerprint density at radius 1 is 1.38 bits per heavy atom. The van der Waals surface area contributed by atoms with Crippen LogP contribution in [0.3, 0.4) is 0 Å². The van der Waals surface area contributed by atoms with E-state index in [-0.39, 0.29) is 5.75 Å². The molecular weight excluding hydrogens is 186 g/mol. The van der Waals surface area contributed by atoms with Gasteiger partial charge in [0.1, 0.15) is 10.9 Å². The van der Waals surface area contributed by atoms with Crippen molar-refractivity contribution >= 4 is 22.5 Å². The van der Waals surface area contributed by atoms with Gasteiger partial charge in [-0.1, -0.05) is 17.7 Å². The molecule has 13 heavy (non-hydrogen) atoms. The second-order valence-corrected chi connectivity index (χ2v) is 3.30. The van der Waals surface area contributed by atoms with E-state index in [4.69, 9.17) is 11.6 Å². The minimum atomic E-state index is 0.241. The smallest absolute Gasteiger partial charge is 0.132 e. The third-order valence-electron chi connectivity index (χ3n) is 1.96. The summed E-state index contributed by atoms with van der Waals surface area (Å²) in [6.07, 6.45) is 0. The summed E-state index contributed by atoms with van der Waals surface area (Å²) in [7, 11) is 0. The summed E-state index contributed by atoms with van der Waals surface area (Å²) >= 11 is 5.85. The first-order valence-corrected chi connectivity index (χ1v) is 4.31. The number of aromatic nitrogens is 1. The second-order valence-electron chi connectivity index (χ2n) is 2.94. The Morgan fingerprint density at radius 2 is 2.15 bits per heavy atom. The molecule has 1 N–H and O–H groups in total. The quantitative estimate of drug-likeness (QED) is 0.653. The highest BCUT2D eigenvalue weighted by Crippen LogP contribution is 2.26. The number of phenols is 1. The van der Waals surface area contributed by atoms with Crippen LogP contribution in [0.15, 0.2) is 24.3 Å². The zero-order valence-electron chi connectivity index (χ0n) is 7.08. The van der Waals surface area contributed by atoms with E-state index in [2.05, 4.69) is 4.98 Å². The summed E-state index contributed by atoms with van der Waals surface area (Å²) < 4.78 is 0. The van der Waals surface area contributed by atoms with Crippen LogP contribution in [0, 0.1) is 6.92 Å². The molecule has 2 aromatic rings. The third kappa shape index (κ3) is 1.33. The Balaban J connectivity index is 2.89. The summed E-state index contributed by atoms with van der Waals surface area (Å²) in [5.41, 5.74) is 1.59. The van der Waals surface area contributed by atoms with Crippen LogP contribution in [0.1, 0.15) is 5.56 Å². The first-order chi connectivity index (χ1) is 6.18. The average molecular weight is 194 g/mol. The monoisotopic (exact) mass is 193 g/mol. The van der Waals surface area contributed by atoms with E-state index in [0.717, 1.165) is 16.5 Å². The number of hydrogen-bond donors (Lipinski definition) is 1. The van der Waals surface area contributed by atoms with Gasteiger partial charge in [-0.05, 0) is 30.7 Å². The van der Waals surface area contributed by atoms with E-state index < -0.39 is 0 Å². The van der Waals surface area contributed by atoms with E-state index >= 15 is 0 Å². The minimum absolute atomic E-state index is 0.241. The lowest BCUT2D eigenvalue weighted by molar-refractivity contribution is 0.481. The predicted molar refractivity (Wildman–Crippen MR) is 53.2 cm³/mol. The molecular formula is C10H8ClNO. The molecule has 3 heteroatoms. The molecule has 1 aromatic heterocycles. The van der Waals surface area contributed by atoms with E-state index in [1.54, 1.807) is 12.1 Å². The number of benzene rings is 1. The molecule has 1 heterocycles. The van der Waals surface area contributed by atoms with Crippen molar-refractivity contribution < 1.29 is 5.11 Å². The fraction of sp³-hybridized carbons (Fsp3) is 0.100. The van der Waals surface area contributed by atoms with Crippen LogP contribution >= 0.6 is 11.6 Å². The van der Waals surface area contributed by atoms with Crippen molar-refractivity contribution in [3.8, 4) is 5.75 Å². The molecule has 0 aliphatic heterocycles. The topological polar surface area (TPSA) is 33.1 Å². The van der Waals surface area contributed by atoms with Gasteiger partial charge in [0, 0.05) is 5.39 Å². The standard InChI is InChI=1S/C10H8ClNO/c1-6-5-7-8(12-10(6)11)3-2-4-9(7)13/h2-5,13H,1H3. The molecule has 0 aliphatic carbocycles. The number of nitrogens with zero attached hydrogens (tertiary/aromatic N) is 1. The summed E-state index contributed by atoms with van der Waals surface area (Å²) in [6, 6.07) is 7.04. The Morgan fingerprint density at radius 3 is 2.92 bits per heavy atom. The van der Waals surface area contributed by atoms with E-state index in [1.807, 2.05) is 19.1 Å². The van der Waals surface area contributed by atoms with Crippen LogP contribution in [0.25, 0.3) is 10.9 Å². The van der Waals surface area contributed by atoms with Gasteiger partial charge in [-0.25, -0.2) is 4.98 Å². The maximum Gasteiger partial charge on any atom is 0.132 e. The molecule has 0 atom stereocenters. The number of aromatic hydroxyl groups is 1. The van der Waals surface area contributed by atoms with Crippen LogP contribution < -0.4 is 0 Å². The average Bonchev–Trinajstić information content (AvgIpc) is 2.09. The molecule has 0 fully saturated rings. The molecule has 0 amide bonds. The fourth-order valence-corrected chi connectivity index (χ4v) is 1.40.